The molecule has 2 heterocycles. The van der Waals surface area contributed by atoms with Crippen LogP contribution < -0.4 is 5.32 Å². The van der Waals surface area contributed by atoms with E-state index in [0.717, 1.165) is 12.5 Å². The van der Waals surface area contributed by atoms with Crippen molar-refractivity contribution in [1.29, 1.82) is 0 Å². The van der Waals surface area contributed by atoms with Crippen LogP contribution in [0.2, 0.25) is 0 Å². The van der Waals surface area contributed by atoms with Crippen LogP contribution in [0.4, 0.5) is 0 Å². The highest BCUT2D eigenvalue weighted by molar-refractivity contribution is 5.36. The summed E-state index contributed by atoms with van der Waals surface area (Å²) >= 11 is 0. The first-order valence-corrected chi connectivity index (χ1v) is 9.65. The fourth-order valence-corrected chi connectivity index (χ4v) is 4.96. The second kappa shape index (κ2) is 6.44. The minimum Gasteiger partial charge on any atom is -0.308 e. The van der Waals surface area contributed by atoms with Gasteiger partial charge in [0, 0.05) is 31.1 Å². The van der Waals surface area contributed by atoms with Gasteiger partial charge in [0.15, 0.2) is 0 Å². The molecular formula is C23H26N2. The van der Waals surface area contributed by atoms with Gasteiger partial charge in [-0.3, -0.25) is 4.90 Å². The van der Waals surface area contributed by atoms with Crippen LogP contribution >= 0.6 is 0 Å². The topological polar surface area (TPSA) is 15.3 Å². The third kappa shape index (κ3) is 2.94. The predicted molar refractivity (Wildman–Crippen MR) is 103 cm³/mol. The first-order valence-electron chi connectivity index (χ1n) is 9.65. The summed E-state index contributed by atoms with van der Waals surface area (Å²) in [6.07, 6.45) is 4.92. The number of nitrogens with one attached hydrogen (secondary N) is 1. The summed E-state index contributed by atoms with van der Waals surface area (Å²) in [5, 5.41) is 3.94. The highest BCUT2D eigenvalue weighted by atomic mass is 15.3. The molecule has 2 aromatic rings. The Labute approximate surface area is 150 Å². The van der Waals surface area contributed by atoms with Crippen molar-refractivity contribution in [2.75, 3.05) is 19.6 Å². The molecule has 0 spiro atoms. The maximum Gasteiger partial charge on any atom is 0.0362 e. The Morgan fingerprint density at radius 3 is 2.20 bits per heavy atom. The largest absolute Gasteiger partial charge is 0.308 e. The summed E-state index contributed by atoms with van der Waals surface area (Å²) in [5.74, 6) is 1.25. The Kier molecular flexibility index (Phi) is 3.95. The molecule has 4 atom stereocenters. The van der Waals surface area contributed by atoms with E-state index in [2.05, 4.69) is 77.0 Å². The molecule has 0 aromatic heterocycles. The molecule has 2 fully saturated rings. The molecule has 0 amide bonds. The summed E-state index contributed by atoms with van der Waals surface area (Å²) < 4.78 is 0. The molecule has 3 aliphatic rings. The van der Waals surface area contributed by atoms with E-state index in [4.69, 9.17) is 0 Å². The van der Waals surface area contributed by atoms with Crippen molar-refractivity contribution < 1.29 is 0 Å². The van der Waals surface area contributed by atoms with Gasteiger partial charge in [-0.15, -0.1) is 0 Å². The smallest absolute Gasteiger partial charge is 0.0362 e. The number of fused-ring (bicyclic) bond motifs is 2. The van der Waals surface area contributed by atoms with Crippen molar-refractivity contribution in [3.05, 3.63) is 83.4 Å². The molecule has 1 aliphatic carbocycles. The second-order valence-corrected chi connectivity index (χ2v) is 7.81. The molecule has 2 bridgehead atoms. The summed E-state index contributed by atoms with van der Waals surface area (Å²) in [5.41, 5.74) is 4.49. The van der Waals surface area contributed by atoms with Gasteiger partial charge in [0.2, 0.25) is 0 Å². The predicted octanol–water partition coefficient (Wildman–Crippen LogP) is 3.81. The molecule has 128 valence electrons. The van der Waals surface area contributed by atoms with Gasteiger partial charge < -0.3 is 5.32 Å². The summed E-state index contributed by atoms with van der Waals surface area (Å²) in [6.45, 7) is 3.60. The zero-order chi connectivity index (χ0) is 16.6. The number of allylic oxidation sites excluding steroid dienone is 1. The van der Waals surface area contributed by atoms with E-state index in [-0.39, 0.29) is 0 Å². The second-order valence-electron chi connectivity index (χ2n) is 7.81. The van der Waals surface area contributed by atoms with Gasteiger partial charge in [0.1, 0.15) is 0 Å². The minimum absolute atomic E-state index is 0.443. The highest BCUT2D eigenvalue weighted by Crippen LogP contribution is 2.43. The van der Waals surface area contributed by atoms with Crippen molar-refractivity contribution in [3.63, 3.8) is 0 Å². The molecule has 2 heteroatoms. The lowest BCUT2D eigenvalue weighted by Crippen LogP contribution is -2.51. The van der Waals surface area contributed by atoms with E-state index in [1.807, 2.05) is 0 Å². The van der Waals surface area contributed by atoms with Gasteiger partial charge in [-0.05, 0) is 36.4 Å². The van der Waals surface area contributed by atoms with E-state index in [1.165, 1.54) is 37.1 Å². The summed E-state index contributed by atoms with van der Waals surface area (Å²) in [6, 6.07) is 23.4. The van der Waals surface area contributed by atoms with Crippen LogP contribution in [0.3, 0.4) is 0 Å². The molecule has 0 radical (unpaired) electrons. The number of benzene rings is 2. The lowest BCUT2D eigenvalue weighted by molar-refractivity contribution is 0.200. The van der Waals surface area contributed by atoms with E-state index in [1.54, 1.807) is 5.57 Å². The average molecular weight is 330 g/mol. The van der Waals surface area contributed by atoms with Crippen LogP contribution in [-0.2, 0) is 0 Å². The highest BCUT2D eigenvalue weighted by Gasteiger charge is 2.49. The zero-order valence-electron chi connectivity index (χ0n) is 14.6. The molecule has 2 saturated heterocycles. The number of nitrogens with zero attached hydrogens (tertiary/aromatic N) is 1. The number of rotatable bonds is 6. The molecule has 5 rings (SSSR count). The quantitative estimate of drug-likeness (QED) is 0.810. The Hall–Kier alpha value is -1.90. The van der Waals surface area contributed by atoms with Crippen molar-refractivity contribution in [3.8, 4) is 0 Å². The number of hydrogen-bond donors (Lipinski definition) is 1. The Morgan fingerprint density at radius 2 is 1.60 bits per heavy atom. The SMILES string of the molecule is C1=C(CNC2C3CCN(C3)C2C(c2ccccc2)c2ccccc2)C1. The summed E-state index contributed by atoms with van der Waals surface area (Å²) in [7, 11) is 0. The lowest BCUT2D eigenvalue weighted by atomic mass is 9.78. The average Bonchev–Trinajstić information content (AvgIpc) is 3.28. The lowest BCUT2D eigenvalue weighted by Gasteiger charge is -2.39. The van der Waals surface area contributed by atoms with E-state index in [9.17, 15) is 0 Å². The van der Waals surface area contributed by atoms with Gasteiger partial charge >= 0.3 is 0 Å². The van der Waals surface area contributed by atoms with Crippen molar-refractivity contribution in [2.45, 2.75) is 30.8 Å². The first kappa shape index (κ1) is 15.4. The molecule has 2 aliphatic heterocycles. The maximum absolute atomic E-state index is 3.94. The first-order chi connectivity index (χ1) is 12.4. The van der Waals surface area contributed by atoms with Gasteiger partial charge in [0.05, 0.1) is 0 Å². The Morgan fingerprint density at radius 1 is 0.960 bits per heavy atom. The zero-order valence-corrected chi connectivity index (χ0v) is 14.6. The van der Waals surface area contributed by atoms with E-state index < -0.39 is 0 Å². The number of piperidine rings is 1. The fraction of sp³-hybridized carbons (Fsp3) is 0.391. The van der Waals surface area contributed by atoms with Crippen LogP contribution in [-0.4, -0.2) is 36.6 Å². The van der Waals surface area contributed by atoms with Crippen LogP contribution in [0.1, 0.15) is 29.9 Å². The van der Waals surface area contributed by atoms with Gasteiger partial charge in [-0.25, -0.2) is 0 Å². The standard InChI is InChI=1S/C23H26N2/c1-3-7-18(8-4-1)21(19-9-5-2-6-10-19)23-22(24-15-17-11-12-17)20-13-14-25(23)16-20/h1-11,20-24H,12-16H2. The number of hydrogen-bond acceptors (Lipinski definition) is 2. The van der Waals surface area contributed by atoms with Gasteiger partial charge in [0.25, 0.3) is 0 Å². The molecule has 2 aromatic carbocycles. The molecule has 2 nitrogen and oxygen atoms in total. The van der Waals surface area contributed by atoms with Crippen LogP contribution in [0, 0.1) is 5.92 Å². The fourth-order valence-electron chi connectivity index (χ4n) is 4.96. The van der Waals surface area contributed by atoms with Crippen LogP contribution in [0.5, 0.6) is 0 Å². The molecule has 25 heavy (non-hydrogen) atoms. The third-order valence-corrected chi connectivity index (χ3v) is 6.27. The maximum atomic E-state index is 3.94. The Bertz CT molecular complexity index is 713. The van der Waals surface area contributed by atoms with Crippen molar-refractivity contribution in [2.24, 2.45) is 5.92 Å². The van der Waals surface area contributed by atoms with Crippen LogP contribution in [0.25, 0.3) is 0 Å². The van der Waals surface area contributed by atoms with E-state index >= 15 is 0 Å². The summed E-state index contributed by atoms with van der Waals surface area (Å²) in [4.78, 5) is 2.74. The Balaban J connectivity index is 1.51. The molecular weight excluding hydrogens is 304 g/mol. The van der Waals surface area contributed by atoms with Gasteiger partial charge in [-0.2, -0.15) is 0 Å². The monoisotopic (exact) mass is 330 g/mol. The molecule has 4 unspecified atom stereocenters. The normalized spacial score (nSPS) is 29.9. The van der Waals surface area contributed by atoms with Crippen molar-refractivity contribution in [1.82, 2.24) is 10.2 Å². The molecule has 0 saturated carbocycles. The van der Waals surface area contributed by atoms with Gasteiger partial charge in [-0.1, -0.05) is 72.3 Å². The third-order valence-electron chi connectivity index (χ3n) is 6.27. The minimum atomic E-state index is 0.443. The molecule has 1 N–H and O–H groups in total. The van der Waals surface area contributed by atoms with Crippen LogP contribution in [0.15, 0.2) is 72.3 Å². The van der Waals surface area contributed by atoms with Crippen molar-refractivity contribution >= 4 is 0 Å². The van der Waals surface area contributed by atoms with E-state index in [0.29, 0.717) is 18.0 Å².